The highest BCUT2D eigenvalue weighted by atomic mass is 35.5. The van der Waals surface area contributed by atoms with E-state index in [-0.39, 0.29) is 6.61 Å². The third-order valence-electron chi connectivity index (χ3n) is 2.25. The molecule has 1 aromatic rings. The standard InChI is InChI=1S/C9H11ClN2O/c10-8-2-1-3-11-9(8)12-4-7(5-12)6-13/h1-3,7,13H,4-6H2. The number of halogens is 1. The van der Waals surface area contributed by atoms with Gasteiger partial charge in [0.1, 0.15) is 5.82 Å². The summed E-state index contributed by atoms with van der Waals surface area (Å²) in [6.07, 6.45) is 1.73. The van der Waals surface area contributed by atoms with Gasteiger partial charge in [-0.25, -0.2) is 4.98 Å². The maximum atomic E-state index is 8.84. The third-order valence-corrected chi connectivity index (χ3v) is 2.55. The molecule has 0 bridgehead atoms. The van der Waals surface area contributed by atoms with Gasteiger partial charge in [0.15, 0.2) is 0 Å². The van der Waals surface area contributed by atoms with Gasteiger partial charge >= 0.3 is 0 Å². The molecule has 0 amide bonds. The van der Waals surface area contributed by atoms with Crippen molar-refractivity contribution in [2.45, 2.75) is 0 Å². The highest BCUT2D eigenvalue weighted by Gasteiger charge is 2.27. The first-order valence-electron chi connectivity index (χ1n) is 4.27. The van der Waals surface area contributed by atoms with E-state index in [0.29, 0.717) is 10.9 Å². The summed E-state index contributed by atoms with van der Waals surface area (Å²) in [7, 11) is 0. The maximum absolute atomic E-state index is 8.84. The Balaban J connectivity index is 2.07. The van der Waals surface area contributed by atoms with Gasteiger partial charge in [-0.05, 0) is 12.1 Å². The van der Waals surface area contributed by atoms with Crippen molar-refractivity contribution in [3.8, 4) is 0 Å². The van der Waals surface area contributed by atoms with Crippen molar-refractivity contribution in [3.05, 3.63) is 23.4 Å². The molecular formula is C9H11ClN2O. The second kappa shape index (κ2) is 3.52. The summed E-state index contributed by atoms with van der Waals surface area (Å²) in [5.41, 5.74) is 0. The van der Waals surface area contributed by atoms with Crippen LogP contribution in [0.1, 0.15) is 0 Å². The van der Waals surface area contributed by atoms with E-state index < -0.39 is 0 Å². The Morgan fingerprint density at radius 1 is 1.62 bits per heavy atom. The SMILES string of the molecule is OCC1CN(c2ncccc2Cl)C1. The molecule has 0 radical (unpaired) electrons. The van der Waals surface area contributed by atoms with Gasteiger partial charge in [-0.15, -0.1) is 0 Å². The largest absolute Gasteiger partial charge is 0.396 e. The molecule has 2 heterocycles. The molecule has 1 N–H and O–H groups in total. The molecule has 2 rings (SSSR count). The number of anilines is 1. The van der Waals surface area contributed by atoms with E-state index >= 15 is 0 Å². The Kier molecular flexibility index (Phi) is 2.38. The molecule has 0 aliphatic carbocycles. The van der Waals surface area contributed by atoms with Gasteiger partial charge in [0.05, 0.1) is 5.02 Å². The van der Waals surface area contributed by atoms with Crippen LogP contribution in [-0.2, 0) is 0 Å². The van der Waals surface area contributed by atoms with Crippen molar-refractivity contribution in [1.29, 1.82) is 0 Å². The minimum absolute atomic E-state index is 0.251. The van der Waals surface area contributed by atoms with Gasteiger partial charge < -0.3 is 10.0 Å². The quantitative estimate of drug-likeness (QED) is 0.775. The van der Waals surface area contributed by atoms with Crippen LogP contribution in [-0.4, -0.2) is 29.8 Å². The molecule has 1 saturated heterocycles. The second-order valence-electron chi connectivity index (χ2n) is 3.26. The summed E-state index contributed by atoms with van der Waals surface area (Å²) in [5.74, 6) is 1.21. The van der Waals surface area contributed by atoms with Gasteiger partial charge in [0.25, 0.3) is 0 Å². The van der Waals surface area contributed by atoms with Crippen LogP contribution in [0, 0.1) is 5.92 Å². The second-order valence-corrected chi connectivity index (χ2v) is 3.67. The number of nitrogens with zero attached hydrogens (tertiary/aromatic N) is 2. The molecule has 0 spiro atoms. The molecule has 13 heavy (non-hydrogen) atoms. The van der Waals surface area contributed by atoms with Crippen LogP contribution in [0.5, 0.6) is 0 Å². The average Bonchev–Trinajstić information content (AvgIpc) is 2.06. The van der Waals surface area contributed by atoms with E-state index in [9.17, 15) is 0 Å². The molecule has 70 valence electrons. The van der Waals surface area contributed by atoms with E-state index in [1.54, 1.807) is 6.20 Å². The Labute approximate surface area is 82.0 Å². The smallest absolute Gasteiger partial charge is 0.147 e. The number of rotatable bonds is 2. The lowest BCUT2D eigenvalue weighted by Gasteiger charge is -2.39. The molecule has 0 aromatic carbocycles. The van der Waals surface area contributed by atoms with E-state index in [4.69, 9.17) is 16.7 Å². The van der Waals surface area contributed by atoms with Crippen molar-refractivity contribution in [3.63, 3.8) is 0 Å². The molecule has 1 aliphatic rings. The molecule has 1 aliphatic heterocycles. The monoisotopic (exact) mass is 198 g/mol. The van der Waals surface area contributed by atoms with Crippen LogP contribution in [0.3, 0.4) is 0 Å². The molecule has 0 atom stereocenters. The van der Waals surface area contributed by atoms with Crippen molar-refractivity contribution in [2.24, 2.45) is 5.92 Å². The molecule has 4 heteroatoms. The zero-order valence-electron chi connectivity index (χ0n) is 7.15. The van der Waals surface area contributed by atoms with E-state index in [0.717, 1.165) is 18.9 Å². The summed E-state index contributed by atoms with van der Waals surface area (Å²) >= 11 is 5.96. The lowest BCUT2D eigenvalue weighted by Crippen LogP contribution is -2.48. The van der Waals surface area contributed by atoms with Gasteiger partial charge in [-0.2, -0.15) is 0 Å². The number of hydrogen-bond donors (Lipinski definition) is 1. The fourth-order valence-electron chi connectivity index (χ4n) is 1.47. The fourth-order valence-corrected chi connectivity index (χ4v) is 1.71. The number of aliphatic hydroxyl groups excluding tert-OH is 1. The van der Waals surface area contributed by atoms with Crippen LogP contribution < -0.4 is 4.90 Å². The third kappa shape index (κ3) is 1.62. The first-order chi connectivity index (χ1) is 6.31. The highest BCUT2D eigenvalue weighted by molar-refractivity contribution is 6.32. The van der Waals surface area contributed by atoms with Gasteiger partial charge in [0, 0.05) is 31.8 Å². The van der Waals surface area contributed by atoms with E-state index in [1.165, 1.54) is 0 Å². The first-order valence-corrected chi connectivity index (χ1v) is 4.65. The predicted octanol–water partition coefficient (Wildman–Crippen LogP) is 1.16. The molecule has 0 saturated carbocycles. The van der Waals surface area contributed by atoms with Crippen molar-refractivity contribution >= 4 is 17.4 Å². The Morgan fingerprint density at radius 2 is 2.38 bits per heavy atom. The molecular weight excluding hydrogens is 188 g/mol. The van der Waals surface area contributed by atoms with E-state index in [1.807, 2.05) is 12.1 Å². The predicted molar refractivity (Wildman–Crippen MR) is 52.0 cm³/mol. The minimum atomic E-state index is 0.251. The highest BCUT2D eigenvalue weighted by Crippen LogP contribution is 2.28. The zero-order chi connectivity index (χ0) is 9.26. The number of aliphatic hydroxyl groups is 1. The summed E-state index contributed by atoms with van der Waals surface area (Å²) < 4.78 is 0. The summed E-state index contributed by atoms with van der Waals surface area (Å²) in [6.45, 7) is 1.96. The Hall–Kier alpha value is -0.800. The summed E-state index contributed by atoms with van der Waals surface area (Å²) in [4.78, 5) is 6.25. The van der Waals surface area contributed by atoms with Crippen LogP contribution in [0.25, 0.3) is 0 Å². The van der Waals surface area contributed by atoms with Gasteiger partial charge in [-0.1, -0.05) is 11.6 Å². The van der Waals surface area contributed by atoms with Crippen LogP contribution >= 0.6 is 11.6 Å². The molecule has 0 unspecified atom stereocenters. The van der Waals surface area contributed by atoms with E-state index in [2.05, 4.69) is 9.88 Å². The lowest BCUT2D eigenvalue weighted by atomic mass is 10.0. The number of pyridine rings is 1. The Bertz CT molecular complexity index is 299. The van der Waals surface area contributed by atoms with Crippen LogP contribution in [0.15, 0.2) is 18.3 Å². The molecule has 1 fully saturated rings. The van der Waals surface area contributed by atoms with Crippen molar-refractivity contribution < 1.29 is 5.11 Å². The minimum Gasteiger partial charge on any atom is -0.396 e. The van der Waals surface area contributed by atoms with Crippen LogP contribution in [0.2, 0.25) is 5.02 Å². The van der Waals surface area contributed by atoms with Gasteiger partial charge in [0.2, 0.25) is 0 Å². The van der Waals surface area contributed by atoms with Crippen LogP contribution in [0.4, 0.5) is 5.82 Å². The normalized spacial score (nSPS) is 17.2. The lowest BCUT2D eigenvalue weighted by molar-refractivity contribution is 0.200. The Morgan fingerprint density at radius 3 is 3.00 bits per heavy atom. The summed E-state index contributed by atoms with van der Waals surface area (Å²) in [6, 6.07) is 3.64. The zero-order valence-corrected chi connectivity index (χ0v) is 7.91. The van der Waals surface area contributed by atoms with Gasteiger partial charge in [-0.3, -0.25) is 0 Å². The topological polar surface area (TPSA) is 36.4 Å². The fraction of sp³-hybridized carbons (Fsp3) is 0.444. The average molecular weight is 199 g/mol. The molecule has 3 nitrogen and oxygen atoms in total. The first kappa shape index (κ1) is 8.78. The number of aromatic nitrogens is 1. The summed E-state index contributed by atoms with van der Waals surface area (Å²) in [5, 5.41) is 9.52. The maximum Gasteiger partial charge on any atom is 0.147 e. The number of hydrogen-bond acceptors (Lipinski definition) is 3. The van der Waals surface area contributed by atoms with Crippen molar-refractivity contribution in [2.75, 3.05) is 24.6 Å². The van der Waals surface area contributed by atoms with Crippen molar-refractivity contribution in [1.82, 2.24) is 4.98 Å². The molecule has 1 aromatic heterocycles.